The molecule has 2 N–H and O–H groups in total. The third kappa shape index (κ3) is 2.65. The molecule has 1 aromatic heterocycles. The summed E-state index contributed by atoms with van der Waals surface area (Å²) in [6, 6.07) is 8.05. The Kier molecular flexibility index (Phi) is 3.44. The Morgan fingerprint density at radius 3 is 2.76 bits per heavy atom. The third-order valence-electron chi connectivity index (χ3n) is 2.68. The predicted molar refractivity (Wildman–Crippen MR) is 67.0 cm³/mol. The van der Waals surface area contributed by atoms with Gasteiger partial charge in [-0.15, -0.1) is 0 Å². The fourth-order valence-electron chi connectivity index (χ4n) is 1.83. The molecule has 2 rings (SSSR count). The van der Waals surface area contributed by atoms with Crippen LogP contribution in [0.2, 0.25) is 0 Å². The molecule has 2 aromatic rings. The molecule has 0 aliphatic carbocycles. The van der Waals surface area contributed by atoms with Crippen molar-refractivity contribution in [3.63, 3.8) is 0 Å². The zero-order valence-electron chi connectivity index (χ0n) is 10.2. The van der Waals surface area contributed by atoms with Crippen LogP contribution in [-0.4, -0.2) is 16.9 Å². The molecule has 0 saturated heterocycles. The predicted octanol–water partition coefficient (Wildman–Crippen LogP) is 1.71. The molecule has 0 radical (unpaired) electrons. The number of rotatable bonds is 4. The maximum absolute atomic E-state index is 5.69. The molecule has 1 aromatic carbocycles. The van der Waals surface area contributed by atoms with E-state index in [4.69, 9.17) is 10.5 Å². The van der Waals surface area contributed by atoms with Crippen molar-refractivity contribution in [3.05, 3.63) is 47.3 Å². The lowest BCUT2D eigenvalue weighted by Crippen LogP contribution is -2.04. The van der Waals surface area contributed by atoms with Crippen molar-refractivity contribution in [2.24, 2.45) is 5.73 Å². The molecule has 90 valence electrons. The van der Waals surface area contributed by atoms with Gasteiger partial charge in [-0.3, -0.25) is 4.68 Å². The van der Waals surface area contributed by atoms with Crippen LogP contribution in [-0.2, 0) is 13.1 Å². The van der Waals surface area contributed by atoms with E-state index in [2.05, 4.69) is 11.2 Å². The Hall–Kier alpha value is -1.81. The normalized spacial score (nSPS) is 10.5. The molecular formula is C13H17N3O. The molecule has 1 heterocycles. The summed E-state index contributed by atoms with van der Waals surface area (Å²) in [6.45, 7) is 3.22. The van der Waals surface area contributed by atoms with E-state index in [-0.39, 0.29) is 0 Å². The molecule has 0 amide bonds. The van der Waals surface area contributed by atoms with Crippen LogP contribution in [0.1, 0.15) is 16.8 Å². The first kappa shape index (κ1) is 11.7. The van der Waals surface area contributed by atoms with E-state index >= 15 is 0 Å². The minimum absolute atomic E-state index is 0.481. The number of benzene rings is 1. The van der Waals surface area contributed by atoms with Gasteiger partial charge in [0.25, 0.3) is 0 Å². The van der Waals surface area contributed by atoms with Gasteiger partial charge in [0.1, 0.15) is 5.75 Å². The van der Waals surface area contributed by atoms with Crippen LogP contribution in [0.25, 0.3) is 0 Å². The quantitative estimate of drug-likeness (QED) is 0.871. The van der Waals surface area contributed by atoms with Gasteiger partial charge in [-0.25, -0.2) is 0 Å². The Morgan fingerprint density at radius 2 is 2.18 bits per heavy atom. The molecule has 4 heteroatoms. The van der Waals surface area contributed by atoms with Crippen molar-refractivity contribution in [1.29, 1.82) is 0 Å². The summed E-state index contributed by atoms with van der Waals surface area (Å²) in [7, 11) is 1.66. The monoisotopic (exact) mass is 231 g/mol. The molecule has 0 bridgehead atoms. The van der Waals surface area contributed by atoms with E-state index in [0.717, 1.165) is 23.6 Å². The largest absolute Gasteiger partial charge is 0.496 e. The number of methoxy groups -OCH3 is 1. The molecule has 0 aliphatic rings. The summed E-state index contributed by atoms with van der Waals surface area (Å²) in [5, 5.41) is 4.36. The number of nitrogens with two attached hydrogens (primary N) is 1. The zero-order valence-corrected chi connectivity index (χ0v) is 10.2. The van der Waals surface area contributed by atoms with Gasteiger partial charge in [0.15, 0.2) is 0 Å². The van der Waals surface area contributed by atoms with Crippen molar-refractivity contribution in [1.82, 2.24) is 9.78 Å². The first-order valence-electron chi connectivity index (χ1n) is 5.59. The van der Waals surface area contributed by atoms with Gasteiger partial charge in [0, 0.05) is 18.3 Å². The van der Waals surface area contributed by atoms with E-state index < -0.39 is 0 Å². The highest BCUT2D eigenvalue weighted by atomic mass is 16.5. The van der Waals surface area contributed by atoms with Crippen molar-refractivity contribution < 1.29 is 4.74 Å². The summed E-state index contributed by atoms with van der Waals surface area (Å²) in [5.74, 6) is 0.841. The molecular weight excluding hydrogens is 214 g/mol. The van der Waals surface area contributed by atoms with Crippen LogP contribution < -0.4 is 10.5 Å². The third-order valence-corrected chi connectivity index (χ3v) is 2.68. The Balaban J connectivity index is 2.22. The first-order valence-corrected chi connectivity index (χ1v) is 5.59. The summed E-state index contributed by atoms with van der Waals surface area (Å²) in [6.07, 6.45) is 1.97. The standard InChI is InChI=1S/C13H17N3O/c1-10-5-6-16(15-10)9-11-3-4-13(17-2)12(7-11)8-14/h3-7H,8-9,14H2,1-2H3. The highest BCUT2D eigenvalue weighted by molar-refractivity contribution is 5.37. The second kappa shape index (κ2) is 5.01. The summed E-state index contributed by atoms with van der Waals surface area (Å²) >= 11 is 0. The minimum Gasteiger partial charge on any atom is -0.496 e. The lowest BCUT2D eigenvalue weighted by atomic mass is 10.1. The number of aromatic nitrogens is 2. The second-order valence-electron chi connectivity index (χ2n) is 4.01. The van der Waals surface area contributed by atoms with Gasteiger partial charge in [0.05, 0.1) is 19.3 Å². The molecule has 17 heavy (non-hydrogen) atoms. The van der Waals surface area contributed by atoms with Crippen LogP contribution in [0.4, 0.5) is 0 Å². The summed E-state index contributed by atoms with van der Waals surface area (Å²) in [4.78, 5) is 0. The second-order valence-corrected chi connectivity index (χ2v) is 4.01. The van der Waals surface area contributed by atoms with Gasteiger partial charge >= 0.3 is 0 Å². The number of hydrogen-bond donors (Lipinski definition) is 1. The topological polar surface area (TPSA) is 53.1 Å². The van der Waals surface area contributed by atoms with Gasteiger partial charge in [-0.05, 0) is 30.7 Å². The maximum atomic E-state index is 5.69. The fourth-order valence-corrected chi connectivity index (χ4v) is 1.83. The van der Waals surface area contributed by atoms with Crippen molar-refractivity contribution >= 4 is 0 Å². The lowest BCUT2D eigenvalue weighted by Gasteiger charge is -2.09. The van der Waals surface area contributed by atoms with Crippen molar-refractivity contribution in [3.8, 4) is 5.75 Å². The Labute approximate surface area is 101 Å². The highest BCUT2D eigenvalue weighted by Gasteiger charge is 2.03. The molecule has 0 fully saturated rings. The van der Waals surface area contributed by atoms with Crippen LogP contribution in [0.3, 0.4) is 0 Å². The number of aryl methyl sites for hydroxylation is 1. The minimum atomic E-state index is 0.481. The van der Waals surface area contributed by atoms with Crippen molar-refractivity contribution in [2.45, 2.75) is 20.0 Å². The SMILES string of the molecule is COc1ccc(Cn2ccc(C)n2)cc1CN. The van der Waals surface area contributed by atoms with Crippen molar-refractivity contribution in [2.75, 3.05) is 7.11 Å². The number of ether oxygens (including phenoxy) is 1. The maximum Gasteiger partial charge on any atom is 0.123 e. The van der Waals surface area contributed by atoms with E-state index in [1.807, 2.05) is 36.0 Å². The van der Waals surface area contributed by atoms with Crippen LogP contribution in [0.15, 0.2) is 30.5 Å². The van der Waals surface area contributed by atoms with Gasteiger partial charge < -0.3 is 10.5 Å². The molecule has 0 atom stereocenters. The van der Waals surface area contributed by atoms with E-state index in [1.165, 1.54) is 5.56 Å². The lowest BCUT2D eigenvalue weighted by molar-refractivity contribution is 0.409. The Morgan fingerprint density at radius 1 is 1.35 bits per heavy atom. The summed E-state index contributed by atoms with van der Waals surface area (Å²) in [5.41, 5.74) is 8.91. The zero-order chi connectivity index (χ0) is 12.3. The number of hydrogen-bond acceptors (Lipinski definition) is 3. The smallest absolute Gasteiger partial charge is 0.123 e. The van der Waals surface area contributed by atoms with Gasteiger partial charge in [0.2, 0.25) is 0 Å². The summed E-state index contributed by atoms with van der Waals surface area (Å²) < 4.78 is 7.16. The van der Waals surface area contributed by atoms with Crippen LogP contribution in [0.5, 0.6) is 5.75 Å². The first-order chi connectivity index (χ1) is 8.22. The Bertz CT molecular complexity index is 505. The van der Waals surface area contributed by atoms with E-state index in [1.54, 1.807) is 7.11 Å². The molecule has 0 aliphatic heterocycles. The molecule has 0 spiro atoms. The van der Waals surface area contributed by atoms with E-state index in [0.29, 0.717) is 6.54 Å². The highest BCUT2D eigenvalue weighted by Crippen LogP contribution is 2.19. The average molecular weight is 231 g/mol. The molecule has 0 saturated carbocycles. The van der Waals surface area contributed by atoms with Crippen LogP contribution >= 0.6 is 0 Å². The van der Waals surface area contributed by atoms with Crippen LogP contribution in [0, 0.1) is 6.92 Å². The average Bonchev–Trinajstić information content (AvgIpc) is 2.74. The van der Waals surface area contributed by atoms with Gasteiger partial charge in [-0.2, -0.15) is 5.10 Å². The van der Waals surface area contributed by atoms with E-state index in [9.17, 15) is 0 Å². The molecule has 4 nitrogen and oxygen atoms in total. The molecule has 0 unspecified atom stereocenters. The number of nitrogens with zero attached hydrogens (tertiary/aromatic N) is 2. The van der Waals surface area contributed by atoms with Gasteiger partial charge in [-0.1, -0.05) is 6.07 Å². The fraction of sp³-hybridized carbons (Fsp3) is 0.308.